The molecule has 1 amide bonds. The molecule has 1 aromatic heterocycles. The first kappa shape index (κ1) is 16.0. The lowest BCUT2D eigenvalue weighted by molar-refractivity contribution is -0.119. The molecule has 0 aliphatic heterocycles. The van der Waals surface area contributed by atoms with Crippen molar-refractivity contribution in [1.82, 2.24) is 4.98 Å². The quantitative estimate of drug-likeness (QED) is 0.655. The summed E-state index contributed by atoms with van der Waals surface area (Å²) in [6.45, 7) is 0.414. The summed E-state index contributed by atoms with van der Waals surface area (Å²) in [7, 11) is 0. The van der Waals surface area contributed by atoms with Crippen LogP contribution in [-0.4, -0.2) is 10.9 Å². The fourth-order valence-corrected chi connectivity index (χ4v) is 3.53. The van der Waals surface area contributed by atoms with Crippen molar-refractivity contribution in [3.05, 3.63) is 71.4 Å². The third kappa shape index (κ3) is 3.61. The Labute approximate surface area is 149 Å². The van der Waals surface area contributed by atoms with Gasteiger partial charge in [0.1, 0.15) is 5.82 Å². The first-order valence-corrected chi connectivity index (χ1v) is 9.15. The maximum Gasteiger partial charge on any atom is 0.232 e. The highest BCUT2D eigenvalue weighted by atomic mass is 32.1. The summed E-state index contributed by atoms with van der Waals surface area (Å²) in [5.74, 6) is -0.0627. The smallest absolute Gasteiger partial charge is 0.232 e. The minimum Gasteiger partial charge on any atom is -0.283 e. The number of amides is 1. The molecule has 5 heteroatoms. The van der Waals surface area contributed by atoms with Gasteiger partial charge in [-0.2, -0.15) is 0 Å². The number of hydrogen-bond donors (Lipinski definition) is 0. The Morgan fingerprint density at radius 1 is 1.12 bits per heavy atom. The largest absolute Gasteiger partial charge is 0.283 e. The van der Waals surface area contributed by atoms with Gasteiger partial charge in [-0.25, -0.2) is 9.37 Å². The van der Waals surface area contributed by atoms with E-state index >= 15 is 0 Å². The number of benzene rings is 2. The molecule has 1 fully saturated rings. The second-order valence-corrected chi connectivity index (χ2v) is 7.04. The Bertz CT molecular complexity index is 872. The van der Waals surface area contributed by atoms with Gasteiger partial charge in [0.25, 0.3) is 0 Å². The van der Waals surface area contributed by atoms with E-state index in [1.54, 1.807) is 17.0 Å². The Kier molecular flexibility index (Phi) is 4.32. The zero-order chi connectivity index (χ0) is 17.2. The van der Waals surface area contributed by atoms with Crippen LogP contribution < -0.4 is 4.90 Å². The predicted molar refractivity (Wildman–Crippen MR) is 97.9 cm³/mol. The second kappa shape index (κ2) is 6.76. The van der Waals surface area contributed by atoms with Crippen molar-refractivity contribution >= 4 is 22.4 Å². The normalized spacial score (nSPS) is 13.6. The van der Waals surface area contributed by atoms with Gasteiger partial charge in [-0.15, -0.1) is 11.3 Å². The van der Waals surface area contributed by atoms with E-state index in [1.165, 1.54) is 23.5 Å². The molecule has 4 rings (SSSR count). The third-order valence-corrected chi connectivity index (χ3v) is 5.10. The van der Waals surface area contributed by atoms with E-state index in [1.807, 2.05) is 35.7 Å². The summed E-state index contributed by atoms with van der Waals surface area (Å²) in [6, 6.07) is 16.2. The van der Waals surface area contributed by atoms with Crippen LogP contribution in [0.5, 0.6) is 0 Å². The van der Waals surface area contributed by atoms with Crippen LogP contribution >= 0.6 is 11.3 Å². The van der Waals surface area contributed by atoms with Gasteiger partial charge in [0, 0.05) is 16.9 Å². The first-order chi connectivity index (χ1) is 12.2. The van der Waals surface area contributed by atoms with E-state index in [2.05, 4.69) is 4.98 Å². The van der Waals surface area contributed by atoms with Crippen LogP contribution in [0.15, 0.2) is 60.0 Å². The number of rotatable bonds is 5. The van der Waals surface area contributed by atoms with Crippen molar-refractivity contribution in [2.75, 3.05) is 4.90 Å². The molecule has 0 spiro atoms. The van der Waals surface area contributed by atoms with Crippen molar-refractivity contribution in [1.29, 1.82) is 0 Å². The molecule has 0 atom stereocenters. The number of aromatic nitrogens is 1. The van der Waals surface area contributed by atoms with E-state index in [4.69, 9.17) is 0 Å². The third-order valence-electron chi connectivity index (χ3n) is 4.24. The molecule has 3 nitrogen and oxygen atoms in total. The summed E-state index contributed by atoms with van der Waals surface area (Å²) in [6.07, 6.45) is 1.88. The highest BCUT2D eigenvalue weighted by Crippen LogP contribution is 2.35. The SMILES string of the molecule is O=C(C1CC1)N(Cc1ccc(F)cc1)c1nc(-c2ccccc2)cs1. The standard InChI is InChI=1S/C20H17FN2OS/c21-17-10-6-14(7-11-17)12-23(19(24)16-8-9-16)20-22-18(13-25-20)15-4-2-1-3-5-15/h1-7,10-11,13,16H,8-9,12H2. The van der Waals surface area contributed by atoms with Gasteiger partial charge in [0.15, 0.2) is 5.13 Å². The number of carbonyl (C=O) groups is 1. The van der Waals surface area contributed by atoms with E-state index in [-0.39, 0.29) is 17.6 Å². The van der Waals surface area contributed by atoms with Gasteiger partial charge >= 0.3 is 0 Å². The van der Waals surface area contributed by atoms with Gasteiger partial charge in [-0.05, 0) is 30.5 Å². The van der Waals surface area contributed by atoms with Crippen LogP contribution in [0.3, 0.4) is 0 Å². The molecule has 1 aliphatic rings. The van der Waals surface area contributed by atoms with Gasteiger partial charge < -0.3 is 0 Å². The van der Waals surface area contributed by atoms with Gasteiger partial charge in [0.05, 0.1) is 12.2 Å². The van der Waals surface area contributed by atoms with Crippen molar-refractivity contribution in [2.24, 2.45) is 5.92 Å². The number of hydrogen-bond acceptors (Lipinski definition) is 3. The molecule has 0 bridgehead atoms. The van der Waals surface area contributed by atoms with Crippen LogP contribution in [0.25, 0.3) is 11.3 Å². The number of thiazole rings is 1. The fraction of sp³-hybridized carbons (Fsp3) is 0.200. The maximum atomic E-state index is 13.1. The lowest BCUT2D eigenvalue weighted by Gasteiger charge is -2.20. The summed E-state index contributed by atoms with van der Waals surface area (Å²) >= 11 is 1.47. The molecule has 0 saturated heterocycles. The summed E-state index contributed by atoms with van der Waals surface area (Å²) in [4.78, 5) is 19.2. The van der Waals surface area contributed by atoms with Crippen LogP contribution in [0.2, 0.25) is 0 Å². The number of anilines is 1. The molecular weight excluding hydrogens is 335 g/mol. The maximum absolute atomic E-state index is 13.1. The highest BCUT2D eigenvalue weighted by Gasteiger charge is 2.35. The summed E-state index contributed by atoms with van der Waals surface area (Å²) in [5.41, 5.74) is 2.80. The molecule has 1 saturated carbocycles. The van der Waals surface area contributed by atoms with E-state index < -0.39 is 0 Å². The molecule has 1 heterocycles. The zero-order valence-electron chi connectivity index (χ0n) is 13.6. The van der Waals surface area contributed by atoms with Crippen molar-refractivity contribution in [3.8, 4) is 11.3 Å². The van der Waals surface area contributed by atoms with Crippen LogP contribution in [0.4, 0.5) is 9.52 Å². The fourth-order valence-electron chi connectivity index (χ4n) is 2.69. The second-order valence-electron chi connectivity index (χ2n) is 6.21. The van der Waals surface area contributed by atoms with Gasteiger partial charge in [-0.1, -0.05) is 42.5 Å². The predicted octanol–water partition coefficient (Wildman–Crippen LogP) is 4.89. The molecule has 0 N–H and O–H groups in total. The molecule has 2 aromatic carbocycles. The van der Waals surface area contributed by atoms with E-state index in [0.29, 0.717) is 11.7 Å². The number of carbonyl (C=O) groups excluding carboxylic acids is 1. The molecular formula is C20H17FN2OS. The van der Waals surface area contributed by atoms with Crippen molar-refractivity contribution in [3.63, 3.8) is 0 Å². The minimum atomic E-state index is -0.274. The van der Waals surface area contributed by atoms with E-state index in [9.17, 15) is 9.18 Å². The monoisotopic (exact) mass is 352 g/mol. The molecule has 3 aromatic rings. The Morgan fingerprint density at radius 3 is 2.52 bits per heavy atom. The lowest BCUT2D eigenvalue weighted by Crippen LogP contribution is -2.31. The van der Waals surface area contributed by atoms with Crippen LogP contribution in [0, 0.1) is 11.7 Å². The van der Waals surface area contributed by atoms with Crippen molar-refractivity contribution < 1.29 is 9.18 Å². The summed E-state index contributed by atoms with van der Waals surface area (Å²) < 4.78 is 13.1. The number of halogens is 1. The Hall–Kier alpha value is -2.53. The lowest BCUT2D eigenvalue weighted by atomic mass is 10.2. The average molecular weight is 352 g/mol. The Balaban J connectivity index is 1.63. The molecule has 1 aliphatic carbocycles. The van der Waals surface area contributed by atoms with E-state index in [0.717, 1.165) is 29.7 Å². The average Bonchev–Trinajstić information content (AvgIpc) is 3.39. The first-order valence-electron chi connectivity index (χ1n) is 8.27. The topological polar surface area (TPSA) is 33.2 Å². The summed E-state index contributed by atoms with van der Waals surface area (Å²) in [5, 5.41) is 2.67. The zero-order valence-corrected chi connectivity index (χ0v) is 14.4. The molecule has 0 radical (unpaired) electrons. The van der Waals surface area contributed by atoms with Crippen LogP contribution in [0.1, 0.15) is 18.4 Å². The van der Waals surface area contributed by atoms with Crippen molar-refractivity contribution in [2.45, 2.75) is 19.4 Å². The minimum absolute atomic E-state index is 0.101. The molecule has 126 valence electrons. The van der Waals surface area contributed by atoms with Gasteiger partial charge in [0.2, 0.25) is 5.91 Å². The molecule has 0 unspecified atom stereocenters. The van der Waals surface area contributed by atoms with Crippen LogP contribution in [-0.2, 0) is 11.3 Å². The van der Waals surface area contributed by atoms with Gasteiger partial charge in [-0.3, -0.25) is 9.69 Å². The Morgan fingerprint density at radius 2 is 1.84 bits per heavy atom. The number of nitrogens with zero attached hydrogens (tertiary/aromatic N) is 2. The molecule has 25 heavy (non-hydrogen) atoms. The highest BCUT2D eigenvalue weighted by molar-refractivity contribution is 7.14.